The predicted octanol–water partition coefficient (Wildman–Crippen LogP) is 3.39. The summed E-state index contributed by atoms with van der Waals surface area (Å²) in [7, 11) is 0. The molecule has 0 unspecified atom stereocenters. The molecule has 0 spiro atoms. The standard InChI is InChI=1S/C17H17NO/c1-12-2-4-13(5-3-12)10-17(19)15-6-7-16-14(11-15)8-9-18-16/h2-7,11,18H,8-10H2,1H3. The van der Waals surface area contributed by atoms with Crippen molar-refractivity contribution in [3.05, 3.63) is 64.7 Å². The molecule has 3 rings (SSSR count). The Balaban J connectivity index is 1.78. The maximum absolute atomic E-state index is 12.3. The van der Waals surface area contributed by atoms with Gasteiger partial charge in [-0.05, 0) is 42.7 Å². The Morgan fingerprint density at radius 3 is 2.74 bits per heavy atom. The number of hydrogen-bond donors (Lipinski definition) is 1. The molecule has 0 aromatic heterocycles. The third kappa shape index (κ3) is 2.53. The van der Waals surface area contributed by atoms with Crippen LogP contribution in [-0.2, 0) is 12.8 Å². The van der Waals surface area contributed by atoms with E-state index in [0.717, 1.165) is 24.1 Å². The molecule has 0 fully saturated rings. The highest BCUT2D eigenvalue weighted by molar-refractivity contribution is 5.98. The van der Waals surface area contributed by atoms with Crippen LogP contribution < -0.4 is 5.32 Å². The average Bonchev–Trinajstić information content (AvgIpc) is 2.88. The summed E-state index contributed by atoms with van der Waals surface area (Å²) in [6.45, 7) is 3.03. The molecule has 2 aromatic rings. The fourth-order valence-electron chi connectivity index (χ4n) is 2.47. The van der Waals surface area contributed by atoms with Gasteiger partial charge in [-0.1, -0.05) is 29.8 Å². The van der Waals surface area contributed by atoms with E-state index in [4.69, 9.17) is 0 Å². The number of hydrogen-bond acceptors (Lipinski definition) is 2. The second-order valence-corrected chi connectivity index (χ2v) is 5.13. The first-order chi connectivity index (χ1) is 9.22. The van der Waals surface area contributed by atoms with Crippen molar-refractivity contribution < 1.29 is 4.79 Å². The van der Waals surface area contributed by atoms with E-state index in [1.807, 2.05) is 30.3 Å². The number of nitrogens with one attached hydrogen (secondary N) is 1. The maximum atomic E-state index is 12.3. The molecule has 0 saturated heterocycles. The summed E-state index contributed by atoms with van der Waals surface area (Å²) in [6, 6.07) is 14.1. The van der Waals surface area contributed by atoms with Crippen LogP contribution in [0.4, 0.5) is 5.69 Å². The smallest absolute Gasteiger partial charge is 0.167 e. The van der Waals surface area contributed by atoms with Crippen LogP contribution in [0.3, 0.4) is 0 Å². The molecule has 19 heavy (non-hydrogen) atoms. The fourth-order valence-corrected chi connectivity index (χ4v) is 2.47. The minimum Gasteiger partial charge on any atom is -0.384 e. The van der Waals surface area contributed by atoms with Crippen LogP contribution in [0, 0.1) is 6.92 Å². The van der Waals surface area contributed by atoms with E-state index < -0.39 is 0 Å². The third-order valence-electron chi connectivity index (χ3n) is 3.62. The third-order valence-corrected chi connectivity index (χ3v) is 3.62. The van der Waals surface area contributed by atoms with Crippen LogP contribution in [0.25, 0.3) is 0 Å². The molecule has 1 aliphatic rings. The highest BCUT2D eigenvalue weighted by Crippen LogP contribution is 2.23. The predicted molar refractivity (Wildman–Crippen MR) is 77.8 cm³/mol. The molecule has 1 heterocycles. The van der Waals surface area contributed by atoms with Gasteiger partial charge in [0.2, 0.25) is 0 Å². The van der Waals surface area contributed by atoms with Crippen molar-refractivity contribution in [2.75, 3.05) is 11.9 Å². The number of carbonyl (C=O) groups excluding carboxylic acids is 1. The summed E-state index contributed by atoms with van der Waals surface area (Å²) >= 11 is 0. The van der Waals surface area contributed by atoms with E-state index in [1.165, 1.54) is 16.8 Å². The summed E-state index contributed by atoms with van der Waals surface area (Å²) in [5.74, 6) is 0.193. The Labute approximate surface area is 113 Å². The van der Waals surface area contributed by atoms with Crippen LogP contribution in [-0.4, -0.2) is 12.3 Å². The molecule has 2 heteroatoms. The molecule has 2 aromatic carbocycles. The van der Waals surface area contributed by atoms with E-state index in [9.17, 15) is 4.79 Å². The Kier molecular flexibility index (Phi) is 3.08. The average molecular weight is 251 g/mol. The van der Waals surface area contributed by atoms with Gasteiger partial charge in [-0.2, -0.15) is 0 Å². The van der Waals surface area contributed by atoms with Crippen LogP contribution in [0.2, 0.25) is 0 Å². The Bertz CT molecular complexity index is 614. The zero-order chi connectivity index (χ0) is 13.2. The SMILES string of the molecule is Cc1ccc(CC(=O)c2ccc3c(c2)CCN3)cc1. The zero-order valence-electron chi connectivity index (χ0n) is 11.1. The number of rotatable bonds is 3. The number of ketones is 1. The van der Waals surface area contributed by atoms with Crippen molar-refractivity contribution in [2.45, 2.75) is 19.8 Å². The van der Waals surface area contributed by atoms with Crippen LogP contribution in [0.15, 0.2) is 42.5 Å². The van der Waals surface area contributed by atoms with E-state index in [1.54, 1.807) is 0 Å². The molecule has 2 nitrogen and oxygen atoms in total. The van der Waals surface area contributed by atoms with Gasteiger partial charge >= 0.3 is 0 Å². The monoisotopic (exact) mass is 251 g/mol. The highest BCUT2D eigenvalue weighted by atomic mass is 16.1. The van der Waals surface area contributed by atoms with Crippen LogP contribution in [0.1, 0.15) is 27.0 Å². The van der Waals surface area contributed by atoms with Crippen molar-refractivity contribution >= 4 is 11.5 Å². The van der Waals surface area contributed by atoms with Crippen molar-refractivity contribution in [1.29, 1.82) is 0 Å². The summed E-state index contributed by atoms with van der Waals surface area (Å²) in [5, 5.41) is 3.31. The summed E-state index contributed by atoms with van der Waals surface area (Å²) in [6.07, 6.45) is 1.49. The van der Waals surface area contributed by atoms with Crippen molar-refractivity contribution in [1.82, 2.24) is 0 Å². The topological polar surface area (TPSA) is 29.1 Å². The first-order valence-electron chi connectivity index (χ1n) is 6.68. The normalized spacial score (nSPS) is 12.9. The first-order valence-corrected chi connectivity index (χ1v) is 6.68. The Hall–Kier alpha value is -2.09. The zero-order valence-corrected chi connectivity index (χ0v) is 11.1. The molecule has 0 bridgehead atoms. The van der Waals surface area contributed by atoms with Crippen molar-refractivity contribution in [3.63, 3.8) is 0 Å². The van der Waals surface area contributed by atoms with Crippen molar-refractivity contribution in [2.24, 2.45) is 0 Å². The quantitative estimate of drug-likeness (QED) is 0.847. The number of carbonyl (C=O) groups is 1. The molecule has 0 saturated carbocycles. The van der Waals surface area contributed by atoms with Crippen molar-refractivity contribution in [3.8, 4) is 0 Å². The van der Waals surface area contributed by atoms with E-state index in [0.29, 0.717) is 6.42 Å². The Morgan fingerprint density at radius 1 is 1.16 bits per heavy atom. The lowest BCUT2D eigenvalue weighted by Crippen LogP contribution is -2.04. The molecule has 0 radical (unpaired) electrons. The van der Waals surface area contributed by atoms with Gasteiger partial charge in [-0.15, -0.1) is 0 Å². The maximum Gasteiger partial charge on any atom is 0.167 e. The molecular formula is C17H17NO. The van der Waals surface area contributed by atoms with E-state index in [2.05, 4.69) is 24.4 Å². The molecule has 96 valence electrons. The molecule has 0 amide bonds. The van der Waals surface area contributed by atoms with Gasteiger partial charge < -0.3 is 5.32 Å². The minimum absolute atomic E-state index is 0.193. The number of aryl methyl sites for hydroxylation is 1. The summed E-state index contributed by atoms with van der Waals surface area (Å²) in [4.78, 5) is 12.3. The van der Waals surface area contributed by atoms with Gasteiger partial charge in [0.1, 0.15) is 0 Å². The number of anilines is 1. The number of Topliss-reactive ketones (excluding diaryl/α,β-unsaturated/α-hetero) is 1. The van der Waals surface area contributed by atoms with Gasteiger partial charge in [0.15, 0.2) is 5.78 Å². The van der Waals surface area contributed by atoms with E-state index in [-0.39, 0.29) is 5.78 Å². The lowest BCUT2D eigenvalue weighted by molar-refractivity contribution is 0.0993. The first kappa shape index (κ1) is 12.0. The molecular weight excluding hydrogens is 234 g/mol. The van der Waals surface area contributed by atoms with Gasteiger partial charge in [-0.25, -0.2) is 0 Å². The van der Waals surface area contributed by atoms with Gasteiger partial charge in [0.05, 0.1) is 0 Å². The summed E-state index contributed by atoms with van der Waals surface area (Å²) in [5.41, 5.74) is 5.55. The second kappa shape index (κ2) is 4.88. The van der Waals surface area contributed by atoms with Gasteiger partial charge in [-0.3, -0.25) is 4.79 Å². The summed E-state index contributed by atoms with van der Waals surface area (Å²) < 4.78 is 0. The molecule has 0 atom stereocenters. The molecule has 1 aliphatic heterocycles. The largest absolute Gasteiger partial charge is 0.384 e. The number of benzene rings is 2. The highest BCUT2D eigenvalue weighted by Gasteiger charge is 2.13. The van der Waals surface area contributed by atoms with Crippen LogP contribution >= 0.6 is 0 Å². The Morgan fingerprint density at radius 2 is 1.95 bits per heavy atom. The molecule has 1 N–H and O–H groups in total. The lowest BCUT2D eigenvalue weighted by Gasteiger charge is -2.05. The lowest BCUT2D eigenvalue weighted by atomic mass is 10.00. The molecule has 0 aliphatic carbocycles. The van der Waals surface area contributed by atoms with Crippen LogP contribution in [0.5, 0.6) is 0 Å². The second-order valence-electron chi connectivity index (χ2n) is 5.13. The van der Waals surface area contributed by atoms with Gasteiger partial charge in [0.25, 0.3) is 0 Å². The number of fused-ring (bicyclic) bond motifs is 1. The fraction of sp³-hybridized carbons (Fsp3) is 0.235. The minimum atomic E-state index is 0.193. The van der Waals surface area contributed by atoms with Gasteiger partial charge in [0, 0.05) is 24.2 Å². The van der Waals surface area contributed by atoms with E-state index >= 15 is 0 Å².